The first-order chi connectivity index (χ1) is 12.6. The van der Waals surface area contributed by atoms with Crippen LogP contribution >= 0.6 is 11.3 Å². The highest BCUT2D eigenvalue weighted by atomic mass is 32.1. The maximum atomic E-state index is 12.5. The van der Waals surface area contributed by atoms with Crippen molar-refractivity contribution >= 4 is 22.9 Å². The van der Waals surface area contributed by atoms with E-state index in [1.165, 1.54) is 0 Å². The largest absolute Gasteiger partial charge is 0.482 e. The fraction of sp³-hybridized carbons (Fsp3) is 0.150. The average molecular weight is 361 g/mol. The van der Waals surface area contributed by atoms with Crippen molar-refractivity contribution < 1.29 is 9.53 Å². The number of carbonyl (C=O) groups is 1. The molecular weight excluding hydrogens is 346 g/mol. The maximum Gasteiger partial charge on any atom is 0.265 e. The van der Waals surface area contributed by atoms with Gasteiger partial charge in [-0.15, -0.1) is 11.3 Å². The molecule has 1 amide bonds. The lowest BCUT2D eigenvalue weighted by molar-refractivity contribution is -0.121. The Morgan fingerprint density at radius 1 is 1.27 bits per heavy atom. The van der Waals surface area contributed by atoms with Crippen LogP contribution in [0.4, 0.5) is 5.69 Å². The van der Waals surface area contributed by atoms with Crippen molar-refractivity contribution in [3.63, 3.8) is 0 Å². The number of aryl methyl sites for hydroxylation is 1. The summed E-state index contributed by atoms with van der Waals surface area (Å²) in [7, 11) is 0. The quantitative estimate of drug-likeness (QED) is 0.709. The molecule has 1 aromatic heterocycles. The minimum Gasteiger partial charge on any atom is -0.482 e. The third kappa shape index (κ3) is 3.05. The number of nitriles is 1. The van der Waals surface area contributed by atoms with E-state index in [0.29, 0.717) is 17.9 Å². The molecule has 0 N–H and O–H groups in total. The van der Waals surface area contributed by atoms with E-state index in [4.69, 9.17) is 10.00 Å². The summed E-state index contributed by atoms with van der Waals surface area (Å²) in [6.07, 6.45) is 0. The number of carbonyl (C=O) groups excluding carboxylic acids is 1. The summed E-state index contributed by atoms with van der Waals surface area (Å²) in [5.74, 6) is 0.599. The van der Waals surface area contributed by atoms with E-state index in [1.54, 1.807) is 28.4 Å². The summed E-state index contributed by atoms with van der Waals surface area (Å²) in [5, 5.41) is 11.9. The molecular formula is C20H15N3O2S. The van der Waals surface area contributed by atoms with Crippen LogP contribution in [-0.2, 0) is 11.3 Å². The van der Waals surface area contributed by atoms with Gasteiger partial charge >= 0.3 is 0 Å². The highest BCUT2D eigenvalue weighted by molar-refractivity contribution is 7.09. The number of thiazole rings is 1. The van der Waals surface area contributed by atoms with Crippen LogP contribution in [0.5, 0.6) is 5.75 Å². The van der Waals surface area contributed by atoms with Gasteiger partial charge in [0.2, 0.25) is 0 Å². The average Bonchev–Trinajstić information content (AvgIpc) is 3.10. The fourth-order valence-electron chi connectivity index (χ4n) is 2.90. The minimum atomic E-state index is -0.0894. The molecule has 128 valence electrons. The van der Waals surface area contributed by atoms with Crippen molar-refractivity contribution in [1.29, 1.82) is 5.26 Å². The SMILES string of the molecule is Cc1nc(-c2ccc3c(c2)N(Cc2ccc(C#N)cc2)C(=O)CO3)cs1. The first-order valence-electron chi connectivity index (χ1n) is 8.13. The molecule has 0 atom stereocenters. The van der Waals surface area contributed by atoms with Crippen molar-refractivity contribution in [1.82, 2.24) is 4.98 Å². The number of ether oxygens (including phenoxy) is 1. The molecule has 5 nitrogen and oxygen atoms in total. The normalized spacial score (nSPS) is 13.1. The molecule has 0 fully saturated rings. The topological polar surface area (TPSA) is 66.2 Å². The summed E-state index contributed by atoms with van der Waals surface area (Å²) in [6.45, 7) is 2.43. The van der Waals surface area contributed by atoms with Gasteiger partial charge in [-0.3, -0.25) is 4.79 Å². The Morgan fingerprint density at radius 2 is 2.08 bits per heavy atom. The van der Waals surface area contributed by atoms with Crippen LogP contribution in [0, 0.1) is 18.3 Å². The van der Waals surface area contributed by atoms with Gasteiger partial charge < -0.3 is 9.64 Å². The van der Waals surface area contributed by atoms with Crippen molar-refractivity contribution in [2.75, 3.05) is 11.5 Å². The van der Waals surface area contributed by atoms with Gasteiger partial charge in [0, 0.05) is 10.9 Å². The van der Waals surface area contributed by atoms with Crippen LogP contribution in [-0.4, -0.2) is 17.5 Å². The Hall–Kier alpha value is -3.17. The molecule has 2 heterocycles. The molecule has 1 aliphatic rings. The van der Waals surface area contributed by atoms with E-state index in [-0.39, 0.29) is 12.5 Å². The molecule has 0 bridgehead atoms. The number of nitrogens with zero attached hydrogens (tertiary/aromatic N) is 3. The Bertz CT molecular complexity index is 1020. The molecule has 0 aliphatic carbocycles. The lowest BCUT2D eigenvalue weighted by atomic mass is 10.1. The molecule has 0 spiro atoms. The van der Waals surface area contributed by atoms with Gasteiger partial charge in [0.25, 0.3) is 5.91 Å². The molecule has 2 aromatic carbocycles. The molecule has 0 saturated carbocycles. The van der Waals surface area contributed by atoms with Crippen LogP contribution < -0.4 is 9.64 Å². The summed E-state index contributed by atoms with van der Waals surface area (Å²) in [5.41, 5.74) is 4.15. The summed E-state index contributed by atoms with van der Waals surface area (Å²) in [6, 6.07) is 15.2. The minimum absolute atomic E-state index is 0.0262. The van der Waals surface area contributed by atoms with Crippen LogP contribution in [0.1, 0.15) is 16.1 Å². The van der Waals surface area contributed by atoms with Gasteiger partial charge in [-0.1, -0.05) is 12.1 Å². The van der Waals surface area contributed by atoms with Gasteiger partial charge in [-0.25, -0.2) is 4.98 Å². The number of hydrogen-bond acceptors (Lipinski definition) is 5. The Morgan fingerprint density at radius 3 is 2.77 bits per heavy atom. The van der Waals surface area contributed by atoms with Crippen molar-refractivity contribution in [2.24, 2.45) is 0 Å². The highest BCUT2D eigenvalue weighted by Gasteiger charge is 2.26. The number of benzene rings is 2. The second kappa shape index (κ2) is 6.62. The maximum absolute atomic E-state index is 12.5. The molecule has 3 aromatic rings. The van der Waals surface area contributed by atoms with Crippen molar-refractivity contribution in [3.8, 4) is 23.1 Å². The van der Waals surface area contributed by atoms with Crippen molar-refractivity contribution in [2.45, 2.75) is 13.5 Å². The lowest BCUT2D eigenvalue weighted by Crippen LogP contribution is -2.38. The number of rotatable bonds is 3. The number of anilines is 1. The van der Waals surface area contributed by atoms with Gasteiger partial charge in [-0.05, 0) is 42.8 Å². The van der Waals surface area contributed by atoms with Crippen molar-refractivity contribution in [3.05, 3.63) is 64.0 Å². The molecule has 0 unspecified atom stereocenters. The van der Waals surface area contributed by atoms with Crippen LogP contribution in [0.3, 0.4) is 0 Å². The Kier molecular flexibility index (Phi) is 4.15. The van der Waals surface area contributed by atoms with E-state index in [0.717, 1.165) is 27.5 Å². The Balaban J connectivity index is 1.69. The highest BCUT2D eigenvalue weighted by Crippen LogP contribution is 2.37. The zero-order valence-electron chi connectivity index (χ0n) is 14.1. The van der Waals surface area contributed by atoms with E-state index in [9.17, 15) is 4.79 Å². The predicted molar refractivity (Wildman–Crippen MR) is 100 cm³/mol. The molecule has 4 rings (SSSR count). The van der Waals surface area contributed by atoms with E-state index in [2.05, 4.69) is 11.1 Å². The smallest absolute Gasteiger partial charge is 0.265 e. The summed E-state index contributed by atoms with van der Waals surface area (Å²) >= 11 is 1.59. The van der Waals surface area contributed by atoms with E-state index >= 15 is 0 Å². The third-order valence-electron chi connectivity index (χ3n) is 4.24. The molecule has 1 aliphatic heterocycles. The van der Waals surface area contributed by atoms with Crippen LogP contribution in [0.2, 0.25) is 0 Å². The fourth-order valence-corrected chi connectivity index (χ4v) is 3.52. The molecule has 26 heavy (non-hydrogen) atoms. The Labute approximate surface area is 155 Å². The van der Waals surface area contributed by atoms with E-state index < -0.39 is 0 Å². The zero-order chi connectivity index (χ0) is 18.1. The van der Waals surface area contributed by atoms with Gasteiger partial charge in [-0.2, -0.15) is 5.26 Å². The number of fused-ring (bicyclic) bond motifs is 1. The number of hydrogen-bond donors (Lipinski definition) is 0. The van der Waals surface area contributed by atoms with E-state index in [1.807, 2.05) is 42.6 Å². The molecule has 6 heteroatoms. The first kappa shape index (κ1) is 16.3. The van der Waals surface area contributed by atoms with Gasteiger partial charge in [0.15, 0.2) is 6.61 Å². The second-order valence-electron chi connectivity index (χ2n) is 6.01. The number of amides is 1. The third-order valence-corrected chi connectivity index (χ3v) is 5.01. The number of aromatic nitrogens is 1. The summed E-state index contributed by atoms with van der Waals surface area (Å²) < 4.78 is 5.58. The van der Waals surface area contributed by atoms with Gasteiger partial charge in [0.05, 0.1) is 34.6 Å². The summed E-state index contributed by atoms with van der Waals surface area (Å²) in [4.78, 5) is 18.7. The van der Waals surface area contributed by atoms with Crippen LogP contribution in [0.25, 0.3) is 11.3 Å². The lowest BCUT2D eigenvalue weighted by Gasteiger charge is -2.30. The van der Waals surface area contributed by atoms with Gasteiger partial charge in [0.1, 0.15) is 5.75 Å². The first-order valence-corrected chi connectivity index (χ1v) is 9.01. The zero-order valence-corrected chi connectivity index (χ0v) is 14.9. The second-order valence-corrected chi connectivity index (χ2v) is 7.07. The molecule has 0 radical (unpaired) electrons. The van der Waals surface area contributed by atoms with Crippen LogP contribution in [0.15, 0.2) is 47.8 Å². The standard InChI is InChI=1S/C20H15N3O2S/c1-13-22-17(12-26-13)16-6-7-19-18(8-16)23(20(24)11-25-19)10-15-4-2-14(9-21)3-5-15/h2-8,12H,10-11H2,1H3. The monoisotopic (exact) mass is 361 g/mol. The predicted octanol–water partition coefficient (Wildman–Crippen LogP) is 3.92. The molecule has 0 saturated heterocycles.